The minimum Gasteiger partial charge on any atom is -0.391 e. The van der Waals surface area contributed by atoms with Gasteiger partial charge in [0.1, 0.15) is 11.5 Å². The highest BCUT2D eigenvalue weighted by Gasteiger charge is 2.43. The smallest absolute Gasteiger partial charge is 0.161 e. The number of hydrogen-bond acceptors (Lipinski definition) is 6. The molecule has 92 valence electrons. The van der Waals surface area contributed by atoms with Crippen LogP contribution in [0.2, 0.25) is 0 Å². The van der Waals surface area contributed by atoms with Gasteiger partial charge in [-0.1, -0.05) is 11.8 Å². The van der Waals surface area contributed by atoms with Gasteiger partial charge in [0, 0.05) is 20.5 Å². The second-order valence-electron chi connectivity index (χ2n) is 4.50. The molecule has 1 saturated heterocycles. The molecule has 0 aromatic heterocycles. The molecule has 1 fully saturated rings. The number of fused-ring (bicyclic) bond motifs is 1. The lowest BCUT2D eigenvalue weighted by Gasteiger charge is -2.35. The highest BCUT2D eigenvalue weighted by atomic mass is 32.2. The van der Waals surface area contributed by atoms with Gasteiger partial charge in [-0.05, 0) is 6.92 Å². The molecule has 0 amide bonds. The Kier molecular flexibility index (Phi) is 3.44. The Balaban J connectivity index is 2.05. The lowest BCUT2D eigenvalue weighted by Crippen LogP contribution is -2.48. The van der Waals surface area contributed by atoms with Crippen LogP contribution in [-0.4, -0.2) is 64.2 Å². The van der Waals surface area contributed by atoms with Crippen molar-refractivity contribution in [3.8, 4) is 0 Å². The van der Waals surface area contributed by atoms with Crippen molar-refractivity contribution in [2.45, 2.75) is 43.1 Å². The third-order valence-electron chi connectivity index (χ3n) is 2.82. The van der Waals surface area contributed by atoms with Crippen molar-refractivity contribution in [3.05, 3.63) is 0 Å². The molecule has 6 heteroatoms. The van der Waals surface area contributed by atoms with Crippen molar-refractivity contribution >= 4 is 16.9 Å². The van der Waals surface area contributed by atoms with E-state index in [1.807, 2.05) is 19.0 Å². The van der Waals surface area contributed by atoms with Crippen molar-refractivity contribution in [1.29, 1.82) is 0 Å². The predicted octanol–water partition coefficient (Wildman–Crippen LogP) is -0.124. The maximum absolute atomic E-state index is 9.83. The van der Waals surface area contributed by atoms with Crippen LogP contribution >= 0.6 is 11.8 Å². The van der Waals surface area contributed by atoms with Crippen molar-refractivity contribution in [1.82, 2.24) is 4.90 Å². The Hall–Kier alpha value is -0.300. The monoisotopic (exact) mass is 246 g/mol. The molecule has 0 aliphatic carbocycles. The quantitative estimate of drug-likeness (QED) is 0.675. The van der Waals surface area contributed by atoms with Crippen LogP contribution in [0.3, 0.4) is 0 Å². The number of rotatable bonds is 1. The molecule has 0 spiro atoms. The summed E-state index contributed by atoms with van der Waals surface area (Å²) in [4.78, 5) is 6.43. The van der Waals surface area contributed by atoms with E-state index in [1.165, 1.54) is 0 Å². The summed E-state index contributed by atoms with van der Waals surface area (Å²) >= 11 is 1.56. The first-order valence-corrected chi connectivity index (χ1v) is 6.30. The van der Waals surface area contributed by atoms with Crippen molar-refractivity contribution in [3.63, 3.8) is 0 Å². The molecule has 0 saturated carbocycles. The van der Waals surface area contributed by atoms with Gasteiger partial charge < -0.3 is 19.8 Å². The number of ether oxygens (including phenoxy) is 1. The van der Waals surface area contributed by atoms with Gasteiger partial charge in [-0.3, -0.25) is 4.99 Å². The predicted molar refractivity (Wildman–Crippen MR) is 63.5 cm³/mol. The lowest BCUT2D eigenvalue weighted by molar-refractivity contribution is -0.136. The fraction of sp³-hybridized carbons (Fsp3) is 0.900. The first kappa shape index (κ1) is 12.2. The molecule has 2 aliphatic rings. The Morgan fingerprint density at radius 3 is 2.81 bits per heavy atom. The molecule has 0 aromatic carbocycles. The van der Waals surface area contributed by atoms with Gasteiger partial charge in [-0.25, -0.2) is 0 Å². The van der Waals surface area contributed by atoms with Crippen LogP contribution in [0.25, 0.3) is 0 Å². The summed E-state index contributed by atoms with van der Waals surface area (Å²) in [6, 6.07) is 0.00685. The number of aliphatic hydroxyl groups is 2. The average Bonchev–Trinajstić information content (AvgIpc) is 2.58. The fourth-order valence-electron chi connectivity index (χ4n) is 1.98. The molecule has 2 N–H and O–H groups in total. The van der Waals surface area contributed by atoms with Crippen molar-refractivity contribution in [2.24, 2.45) is 4.99 Å². The van der Waals surface area contributed by atoms with Gasteiger partial charge in [0.25, 0.3) is 0 Å². The second kappa shape index (κ2) is 4.52. The molecule has 16 heavy (non-hydrogen) atoms. The standard InChI is InChI=1S/C10H18N2O3S/c1-5(13)8-7(14)4-6-9(15-8)16-10(11-6)12(2)3/h5-9,13-14H,4H2,1-3H3/t5-,6-,7+,8-,9-/m1/s1. The van der Waals surface area contributed by atoms with Crippen molar-refractivity contribution in [2.75, 3.05) is 14.1 Å². The van der Waals surface area contributed by atoms with Crippen LogP contribution < -0.4 is 0 Å². The Morgan fingerprint density at radius 2 is 2.25 bits per heavy atom. The first-order chi connectivity index (χ1) is 7.49. The second-order valence-corrected chi connectivity index (χ2v) is 5.57. The van der Waals surface area contributed by atoms with E-state index in [0.29, 0.717) is 6.42 Å². The number of aliphatic imine (C=N–C) groups is 1. The van der Waals surface area contributed by atoms with Crippen LogP contribution in [0.15, 0.2) is 4.99 Å². The number of hydrogen-bond donors (Lipinski definition) is 2. The molecule has 2 rings (SSSR count). The summed E-state index contributed by atoms with van der Waals surface area (Å²) in [5.41, 5.74) is -0.0691. The van der Waals surface area contributed by atoms with E-state index in [1.54, 1.807) is 18.7 Å². The number of amidine groups is 1. The minimum atomic E-state index is -0.653. The molecule has 5 nitrogen and oxygen atoms in total. The van der Waals surface area contributed by atoms with Gasteiger partial charge in [0.05, 0.1) is 18.2 Å². The third-order valence-corrected chi connectivity index (χ3v) is 4.16. The summed E-state index contributed by atoms with van der Waals surface area (Å²) in [6.45, 7) is 1.64. The highest BCUT2D eigenvalue weighted by molar-refractivity contribution is 8.14. The minimum absolute atomic E-state index is 0.00685. The maximum Gasteiger partial charge on any atom is 0.161 e. The molecule has 0 aromatic rings. The van der Waals surface area contributed by atoms with Gasteiger partial charge in [-0.15, -0.1) is 0 Å². The molecule has 0 unspecified atom stereocenters. The highest BCUT2D eigenvalue weighted by Crippen LogP contribution is 2.37. The third kappa shape index (κ3) is 2.20. The Bertz CT molecular complexity index is 296. The van der Waals surface area contributed by atoms with Gasteiger partial charge in [-0.2, -0.15) is 0 Å². The number of thioether (sulfide) groups is 1. The van der Waals surface area contributed by atoms with Crippen LogP contribution in [0.4, 0.5) is 0 Å². The summed E-state index contributed by atoms with van der Waals surface area (Å²) in [5.74, 6) is 0. The van der Waals surface area contributed by atoms with Gasteiger partial charge in [0.2, 0.25) is 0 Å². The lowest BCUT2D eigenvalue weighted by atomic mass is 9.99. The maximum atomic E-state index is 9.83. The van der Waals surface area contributed by atoms with E-state index < -0.39 is 18.3 Å². The Labute approximate surface area is 99.5 Å². The SMILES string of the molecule is C[C@@H](O)[C@H]1O[C@@H]2SC(N(C)C)=N[C@@H]2C[C@@H]1O. The van der Waals surface area contributed by atoms with E-state index in [9.17, 15) is 10.2 Å². The van der Waals surface area contributed by atoms with Gasteiger partial charge in [0.15, 0.2) is 5.17 Å². The van der Waals surface area contributed by atoms with Crippen LogP contribution in [0.1, 0.15) is 13.3 Å². The van der Waals surface area contributed by atoms with Gasteiger partial charge >= 0.3 is 0 Å². The number of aliphatic hydroxyl groups excluding tert-OH is 2. The van der Waals surface area contributed by atoms with E-state index in [4.69, 9.17) is 4.74 Å². The normalized spacial score (nSPS) is 40.2. The molecule has 0 radical (unpaired) electrons. The Morgan fingerprint density at radius 1 is 1.56 bits per heavy atom. The summed E-state index contributed by atoms with van der Waals surface area (Å²) < 4.78 is 5.69. The molecule has 0 bridgehead atoms. The summed E-state index contributed by atoms with van der Waals surface area (Å²) in [6.07, 6.45) is -1.22. The van der Waals surface area contributed by atoms with Crippen molar-refractivity contribution < 1.29 is 14.9 Å². The zero-order valence-electron chi connectivity index (χ0n) is 9.70. The van der Waals surface area contributed by atoms with E-state index in [0.717, 1.165) is 5.17 Å². The van der Waals surface area contributed by atoms with E-state index >= 15 is 0 Å². The molecule has 2 heterocycles. The van der Waals surface area contributed by atoms with Crippen LogP contribution in [-0.2, 0) is 4.74 Å². The van der Waals surface area contributed by atoms with E-state index in [2.05, 4.69) is 4.99 Å². The van der Waals surface area contributed by atoms with Crippen LogP contribution in [0.5, 0.6) is 0 Å². The fourth-order valence-corrected chi connectivity index (χ4v) is 3.11. The molecular formula is C10H18N2O3S. The molecular weight excluding hydrogens is 228 g/mol. The number of nitrogens with zero attached hydrogens (tertiary/aromatic N) is 2. The zero-order chi connectivity index (χ0) is 11.9. The zero-order valence-corrected chi connectivity index (χ0v) is 10.5. The first-order valence-electron chi connectivity index (χ1n) is 5.42. The summed E-state index contributed by atoms with van der Waals surface area (Å²) in [7, 11) is 3.87. The topological polar surface area (TPSA) is 65.3 Å². The molecule has 5 atom stereocenters. The van der Waals surface area contributed by atoms with E-state index in [-0.39, 0.29) is 11.5 Å². The van der Waals surface area contributed by atoms with Crippen LogP contribution in [0, 0.1) is 0 Å². The largest absolute Gasteiger partial charge is 0.391 e. The summed E-state index contributed by atoms with van der Waals surface area (Å²) in [5, 5.41) is 20.3. The average molecular weight is 246 g/mol. The molecule has 2 aliphatic heterocycles.